The van der Waals surface area contributed by atoms with E-state index in [1.165, 1.54) is 0 Å². The van der Waals surface area contributed by atoms with Gasteiger partial charge in [-0.1, -0.05) is 34.5 Å². The van der Waals surface area contributed by atoms with Gasteiger partial charge in [-0.3, -0.25) is 4.90 Å². The van der Waals surface area contributed by atoms with Gasteiger partial charge in [0.05, 0.1) is 0 Å². The average molecular weight is 512 g/mol. The molecule has 9 heteroatoms. The van der Waals surface area contributed by atoms with Gasteiger partial charge in [-0.25, -0.2) is 0 Å². The highest BCUT2D eigenvalue weighted by Gasteiger charge is 2.33. The number of rotatable bonds is 7. The van der Waals surface area contributed by atoms with E-state index < -0.39 is 16.3 Å². The van der Waals surface area contributed by atoms with E-state index in [4.69, 9.17) is 4.74 Å². The Morgan fingerprint density at radius 1 is 0.903 bits per heavy atom. The lowest BCUT2D eigenvalue weighted by Crippen LogP contribution is -2.54. The van der Waals surface area contributed by atoms with Gasteiger partial charge in [0.2, 0.25) is 0 Å². The fourth-order valence-corrected chi connectivity index (χ4v) is 6.28. The molecule has 7 nitrogen and oxygen atoms in total. The van der Waals surface area contributed by atoms with Gasteiger partial charge in [-0.05, 0) is 47.9 Å². The second-order valence-electron chi connectivity index (χ2n) is 8.29. The van der Waals surface area contributed by atoms with Crippen LogP contribution in [0.25, 0.3) is 10.8 Å². The average Bonchev–Trinajstić information content (AvgIpc) is 2.78. The molecule has 2 aliphatic heterocycles. The van der Waals surface area contributed by atoms with Crippen molar-refractivity contribution < 1.29 is 18.3 Å². The molecule has 2 fully saturated rings. The first-order valence-corrected chi connectivity index (χ1v) is 13.1. The number of aliphatic hydroxyl groups excluding tert-OH is 1. The molecule has 0 aromatic heterocycles. The number of hydrogen-bond donors (Lipinski definition) is 1. The summed E-state index contributed by atoms with van der Waals surface area (Å²) < 4.78 is 35.7. The van der Waals surface area contributed by atoms with Crippen molar-refractivity contribution in [2.75, 3.05) is 52.4 Å². The summed E-state index contributed by atoms with van der Waals surface area (Å²) in [6, 6.07) is 12.0. The van der Waals surface area contributed by atoms with Gasteiger partial charge in [0.15, 0.2) is 0 Å². The first kappa shape index (κ1) is 22.9. The zero-order valence-electron chi connectivity index (χ0n) is 17.6. The van der Waals surface area contributed by atoms with Gasteiger partial charge in [0.25, 0.3) is 10.2 Å². The minimum absolute atomic E-state index is 0.203. The number of aliphatic hydroxyl groups is 1. The van der Waals surface area contributed by atoms with E-state index in [-0.39, 0.29) is 6.61 Å². The maximum Gasteiger partial charge on any atom is 0.282 e. The maximum atomic E-state index is 12.8. The predicted octanol–water partition coefficient (Wildman–Crippen LogP) is 2.69. The van der Waals surface area contributed by atoms with Crippen LogP contribution in [0.15, 0.2) is 40.9 Å². The Hall–Kier alpha value is -1.23. The van der Waals surface area contributed by atoms with E-state index in [1.54, 1.807) is 8.61 Å². The maximum absolute atomic E-state index is 12.8. The molecule has 2 aromatic rings. The predicted molar refractivity (Wildman–Crippen MR) is 126 cm³/mol. The molecule has 4 rings (SSSR count). The molecule has 1 atom stereocenters. The monoisotopic (exact) mass is 511 g/mol. The quantitative estimate of drug-likeness (QED) is 0.618. The van der Waals surface area contributed by atoms with Crippen LogP contribution in [0.2, 0.25) is 0 Å². The summed E-state index contributed by atoms with van der Waals surface area (Å²) in [5.41, 5.74) is 0. The van der Waals surface area contributed by atoms with Gasteiger partial charge >= 0.3 is 0 Å². The normalized spacial score (nSPS) is 20.7. The van der Waals surface area contributed by atoms with Crippen LogP contribution in [0.4, 0.5) is 0 Å². The number of piperidine rings is 1. The summed E-state index contributed by atoms with van der Waals surface area (Å²) in [6.07, 6.45) is 2.36. The van der Waals surface area contributed by atoms with E-state index in [9.17, 15) is 13.5 Å². The van der Waals surface area contributed by atoms with E-state index in [0.29, 0.717) is 45.8 Å². The Kier molecular flexibility index (Phi) is 7.51. The standard InChI is InChI=1S/C22H30BrN3O4S/c23-20-6-4-19-15-22(7-5-18(19)14-20)30-17-21(27)16-24-10-12-26(13-11-24)31(28,29)25-8-2-1-3-9-25/h4-7,14-15,21,27H,1-3,8-13,16-17H2/t21-/m0/s1. The molecule has 0 bridgehead atoms. The number of piperazine rings is 1. The van der Waals surface area contributed by atoms with Gasteiger partial charge in [-0.2, -0.15) is 17.0 Å². The number of fused-ring (bicyclic) bond motifs is 1. The molecule has 31 heavy (non-hydrogen) atoms. The topological polar surface area (TPSA) is 73.3 Å². The van der Waals surface area contributed by atoms with E-state index in [2.05, 4.69) is 26.9 Å². The molecule has 0 saturated carbocycles. The molecule has 2 aliphatic rings. The molecule has 0 unspecified atom stereocenters. The lowest BCUT2D eigenvalue weighted by molar-refractivity contribution is 0.0562. The fourth-order valence-electron chi connectivity index (χ4n) is 4.23. The third-order valence-electron chi connectivity index (χ3n) is 5.98. The highest BCUT2D eigenvalue weighted by molar-refractivity contribution is 9.10. The summed E-state index contributed by atoms with van der Waals surface area (Å²) in [5.74, 6) is 0.728. The third kappa shape index (κ3) is 5.77. The SMILES string of the molecule is O=S(=O)(N1CCCCC1)N1CCN(C[C@H](O)COc2ccc3cc(Br)ccc3c2)CC1. The molecule has 2 aromatic carbocycles. The minimum Gasteiger partial charge on any atom is -0.491 e. The van der Waals surface area contributed by atoms with Crippen LogP contribution in [0, 0.1) is 0 Å². The minimum atomic E-state index is -3.35. The largest absolute Gasteiger partial charge is 0.491 e. The highest BCUT2D eigenvalue weighted by Crippen LogP contribution is 2.24. The van der Waals surface area contributed by atoms with Crippen LogP contribution in [0.1, 0.15) is 19.3 Å². The Bertz CT molecular complexity index is 989. The first-order chi connectivity index (χ1) is 14.9. The summed E-state index contributed by atoms with van der Waals surface area (Å²) >= 11 is 3.47. The fraction of sp³-hybridized carbons (Fsp3) is 0.545. The molecule has 0 amide bonds. The van der Waals surface area contributed by atoms with E-state index in [1.807, 2.05) is 30.3 Å². The molecular weight excluding hydrogens is 482 g/mol. The van der Waals surface area contributed by atoms with Crippen molar-refractivity contribution in [1.29, 1.82) is 0 Å². The summed E-state index contributed by atoms with van der Waals surface area (Å²) in [7, 11) is -3.35. The molecule has 0 aliphatic carbocycles. The van der Waals surface area contributed by atoms with Gasteiger partial charge in [-0.15, -0.1) is 0 Å². The van der Waals surface area contributed by atoms with Crippen LogP contribution in [-0.2, 0) is 10.2 Å². The molecule has 2 saturated heterocycles. The smallest absolute Gasteiger partial charge is 0.282 e. The van der Waals surface area contributed by atoms with Gasteiger partial charge in [0.1, 0.15) is 18.5 Å². The molecule has 1 N–H and O–H groups in total. The van der Waals surface area contributed by atoms with Crippen molar-refractivity contribution in [1.82, 2.24) is 13.5 Å². The van der Waals surface area contributed by atoms with Gasteiger partial charge in [0, 0.05) is 50.3 Å². The van der Waals surface area contributed by atoms with Crippen LogP contribution >= 0.6 is 15.9 Å². The van der Waals surface area contributed by atoms with E-state index >= 15 is 0 Å². The third-order valence-corrected chi connectivity index (χ3v) is 8.51. The molecule has 0 radical (unpaired) electrons. The molecular formula is C22H30BrN3O4S. The Labute approximate surface area is 192 Å². The zero-order valence-corrected chi connectivity index (χ0v) is 20.0. The van der Waals surface area contributed by atoms with Crippen LogP contribution in [-0.4, -0.2) is 85.6 Å². The second-order valence-corrected chi connectivity index (χ2v) is 11.1. The van der Waals surface area contributed by atoms with Crippen molar-refractivity contribution in [3.63, 3.8) is 0 Å². The number of ether oxygens (including phenoxy) is 1. The number of benzene rings is 2. The Balaban J connectivity index is 1.24. The Morgan fingerprint density at radius 3 is 2.29 bits per heavy atom. The second kappa shape index (κ2) is 10.1. The first-order valence-electron chi connectivity index (χ1n) is 10.9. The van der Waals surface area contributed by atoms with E-state index in [0.717, 1.165) is 40.3 Å². The number of hydrogen-bond acceptors (Lipinski definition) is 5. The van der Waals surface area contributed by atoms with Gasteiger partial charge < -0.3 is 9.84 Å². The Morgan fingerprint density at radius 2 is 1.55 bits per heavy atom. The van der Waals surface area contributed by atoms with Crippen LogP contribution in [0.3, 0.4) is 0 Å². The summed E-state index contributed by atoms with van der Waals surface area (Å²) in [4.78, 5) is 2.11. The summed E-state index contributed by atoms with van der Waals surface area (Å²) in [6.45, 7) is 4.10. The lowest BCUT2D eigenvalue weighted by Gasteiger charge is -2.38. The molecule has 170 valence electrons. The number of β-amino-alcohol motifs (C(OH)–C–C–N with tert-alkyl or cyclic N) is 1. The van der Waals surface area contributed by atoms with Crippen molar-refractivity contribution in [3.8, 4) is 5.75 Å². The highest BCUT2D eigenvalue weighted by atomic mass is 79.9. The molecule has 0 spiro atoms. The van der Waals surface area contributed by atoms with Crippen LogP contribution < -0.4 is 4.74 Å². The van der Waals surface area contributed by atoms with Crippen molar-refractivity contribution in [2.45, 2.75) is 25.4 Å². The molecule has 2 heterocycles. The number of halogens is 1. The van der Waals surface area contributed by atoms with Crippen LogP contribution in [0.5, 0.6) is 5.75 Å². The number of nitrogens with zero attached hydrogens (tertiary/aromatic N) is 3. The van der Waals surface area contributed by atoms with Crippen molar-refractivity contribution in [3.05, 3.63) is 40.9 Å². The van der Waals surface area contributed by atoms with Crippen molar-refractivity contribution in [2.24, 2.45) is 0 Å². The zero-order chi connectivity index (χ0) is 21.8. The van der Waals surface area contributed by atoms with Crippen molar-refractivity contribution >= 4 is 36.9 Å². The summed E-state index contributed by atoms with van der Waals surface area (Å²) in [5, 5.41) is 12.6. The lowest BCUT2D eigenvalue weighted by atomic mass is 10.1.